The first-order valence-corrected chi connectivity index (χ1v) is 6.12. The first-order chi connectivity index (χ1) is 7.48. The van der Waals surface area contributed by atoms with E-state index in [9.17, 15) is 13.0 Å². The van der Waals surface area contributed by atoms with Crippen molar-refractivity contribution in [1.82, 2.24) is 0 Å². The Morgan fingerprint density at radius 1 is 1.50 bits per heavy atom. The van der Waals surface area contributed by atoms with Crippen LogP contribution in [0.2, 0.25) is 0 Å². The van der Waals surface area contributed by atoms with E-state index < -0.39 is 15.1 Å². The first kappa shape index (κ1) is 13.0. The topological polar surface area (TPSA) is 82.1 Å². The van der Waals surface area contributed by atoms with Crippen molar-refractivity contribution in [3.05, 3.63) is 24.5 Å². The normalized spacial score (nSPS) is 19.3. The second-order valence-corrected chi connectivity index (χ2v) is 4.80. The van der Waals surface area contributed by atoms with Gasteiger partial charge in [0.2, 0.25) is 0 Å². The van der Waals surface area contributed by atoms with Gasteiger partial charge in [0.1, 0.15) is 18.8 Å². The zero-order chi connectivity index (χ0) is 12.2. The standard InChI is InChI=1S/C9H14O6S/c1-3-4-9(13-2,16(10,11)12)8-7-14-5-6-15-8/h5-7H,3-4H2,1-2H3,(H,10,11,12). The average molecular weight is 250 g/mol. The summed E-state index contributed by atoms with van der Waals surface area (Å²) in [6.45, 7) is 1.76. The van der Waals surface area contributed by atoms with Crippen LogP contribution in [0.1, 0.15) is 19.8 Å². The van der Waals surface area contributed by atoms with Gasteiger partial charge in [0.15, 0.2) is 5.76 Å². The minimum absolute atomic E-state index is 0.0609. The maximum absolute atomic E-state index is 11.4. The van der Waals surface area contributed by atoms with Gasteiger partial charge in [-0.05, 0) is 0 Å². The van der Waals surface area contributed by atoms with Crippen LogP contribution in [-0.2, 0) is 24.3 Å². The summed E-state index contributed by atoms with van der Waals surface area (Å²) in [6, 6.07) is 0. The van der Waals surface area contributed by atoms with Crippen molar-refractivity contribution in [2.75, 3.05) is 7.11 Å². The van der Waals surface area contributed by atoms with Crippen LogP contribution in [0, 0.1) is 0 Å². The van der Waals surface area contributed by atoms with Crippen molar-refractivity contribution in [3.63, 3.8) is 0 Å². The van der Waals surface area contributed by atoms with E-state index in [0.717, 1.165) is 6.26 Å². The van der Waals surface area contributed by atoms with Gasteiger partial charge in [-0.1, -0.05) is 13.3 Å². The van der Waals surface area contributed by atoms with Crippen LogP contribution in [-0.4, -0.2) is 25.0 Å². The highest BCUT2D eigenvalue weighted by atomic mass is 32.2. The molecule has 0 bridgehead atoms. The number of hydrogen-bond donors (Lipinski definition) is 1. The van der Waals surface area contributed by atoms with Crippen LogP contribution >= 0.6 is 0 Å². The van der Waals surface area contributed by atoms with Crippen molar-refractivity contribution < 1.29 is 27.2 Å². The van der Waals surface area contributed by atoms with Gasteiger partial charge in [-0.2, -0.15) is 8.42 Å². The van der Waals surface area contributed by atoms with E-state index in [4.69, 9.17) is 14.2 Å². The van der Waals surface area contributed by atoms with E-state index in [-0.39, 0.29) is 12.2 Å². The number of methoxy groups -OCH3 is 1. The van der Waals surface area contributed by atoms with Gasteiger partial charge >= 0.3 is 10.1 Å². The lowest BCUT2D eigenvalue weighted by atomic mass is 10.1. The van der Waals surface area contributed by atoms with E-state index in [1.54, 1.807) is 6.92 Å². The Morgan fingerprint density at radius 2 is 2.19 bits per heavy atom. The van der Waals surface area contributed by atoms with Crippen LogP contribution in [0.3, 0.4) is 0 Å². The van der Waals surface area contributed by atoms with Gasteiger partial charge < -0.3 is 14.2 Å². The Balaban J connectivity index is 3.17. The summed E-state index contributed by atoms with van der Waals surface area (Å²) >= 11 is 0. The fourth-order valence-electron chi connectivity index (χ4n) is 1.46. The van der Waals surface area contributed by atoms with Crippen molar-refractivity contribution in [2.45, 2.75) is 24.7 Å². The fraction of sp³-hybridized carbons (Fsp3) is 0.556. The van der Waals surface area contributed by atoms with Crippen LogP contribution in [0.5, 0.6) is 0 Å². The minimum atomic E-state index is -4.47. The van der Waals surface area contributed by atoms with Crippen LogP contribution in [0.4, 0.5) is 0 Å². The number of hydrogen-bond acceptors (Lipinski definition) is 5. The second-order valence-electron chi connectivity index (χ2n) is 3.19. The Hall–Kier alpha value is -1.05. The van der Waals surface area contributed by atoms with Crippen molar-refractivity contribution in [3.8, 4) is 0 Å². The Morgan fingerprint density at radius 3 is 2.56 bits per heavy atom. The summed E-state index contributed by atoms with van der Waals surface area (Å²) in [5, 5.41) is 0. The zero-order valence-corrected chi connectivity index (χ0v) is 9.86. The predicted molar refractivity (Wildman–Crippen MR) is 55.6 cm³/mol. The third-order valence-corrected chi connectivity index (χ3v) is 3.61. The summed E-state index contributed by atoms with van der Waals surface area (Å²) in [4.78, 5) is -1.91. The summed E-state index contributed by atoms with van der Waals surface area (Å²) in [7, 11) is -3.28. The van der Waals surface area contributed by atoms with Gasteiger partial charge in [0, 0.05) is 13.5 Å². The lowest BCUT2D eigenvalue weighted by Gasteiger charge is -2.30. The molecule has 7 heteroatoms. The molecule has 0 amide bonds. The lowest BCUT2D eigenvalue weighted by Crippen LogP contribution is -2.43. The highest BCUT2D eigenvalue weighted by molar-refractivity contribution is 7.87. The third-order valence-electron chi connectivity index (χ3n) is 2.21. The van der Waals surface area contributed by atoms with E-state index in [2.05, 4.69) is 0 Å². The highest BCUT2D eigenvalue weighted by Crippen LogP contribution is 2.34. The van der Waals surface area contributed by atoms with Crippen molar-refractivity contribution in [2.24, 2.45) is 0 Å². The van der Waals surface area contributed by atoms with Crippen LogP contribution in [0.25, 0.3) is 0 Å². The molecule has 0 saturated carbocycles. The molecule has 1 atom stereocenters. The molecule has 0 fully saturated rings. The SMILES string of the molecule is CCCC(OC)(C1=COC=CO1)S(=O)(=O)O. The molecule has 0 aromatic carbocycles. The molecule has 0 saturated heterocycles. The molecule has 0 radical (unpaired) electrons. The molecule has 1 aliphatic rings. The maximum atomic E-state index is 11.4. The van der Waals surface area contributed by atoms with Gasteiger partial charge in [-0.3, -0.25) is 4.55 Å². The van der Waals surface area contributed by atoms with Crippen LogP contribution < -0.4 is 0 Å². The summed E-state index contributed by atoms with van der Waals surface area (Å²) < 4.78 is 46.8. The molecule has 1 heterocycles. The molecule has 1 unspecified atom stereocenters. The molecule has 0 spiro atoms. The smallest absolute Gasteiger partial charge is 0.303 e. The number of rotatable bonds is 5. The van der Waals surface area contributed by atoms with E-state index in [1.807, 2.05) is 0 Å². The molecule has 0 aromatic heterocycles. The Bertz CT molecular complexity index is 396. The van der Waals surface area contributed by atoms with Crippen molar-refractivity contribution in [1.29, 1.82) is 0 Å². The Kier molecular flexibility index (Phi) is 3.95. The zero-order valence-electron chi connectivity index (χ0n) is 9.04. The quantitative estimate of drug-likeness (QED) is 0.742. The summed E-state index contributed by atoms with van der Waals surface area (Å²) in [6.07, 6.45) is 4.04. The molecule has 1 N–H and O–H groups in total. The Labute approximate surface area is 94.2 Å². The number of ether oxygens (including phenoxy) is 3. The largest absolute Gasteiger partial charge is 0.466 e. The van der Waals surface area contributed by atoms with Gasteiger partial charge in [0.25, 0.3) is 4.93 Å². The summed E-state index contributed by atoms with van der Waals surface area (Å²) in [5.41, 5.74) is 0. The van der Waals surface area contributed by atoms with E-state index in [1.165, 1.54) is 19.6 Å². The molecule has 92 valence electrons. The van der Waals surface area contributed by atoms with E-state index in [0.29, 0.717) is 6.42 Å². The molecular weight excluding hydrogens is 236 g/mol. The first-order valence-electron chi connectivity index (χ1n) is 4.68. The molecule has 0 aromatic rings. The molecule has 6 nitrogen and oxygen atoms in total. The highest BCUT2D eigenvalue weighted by Gasteiger charge is 2.49. The maximum Gasteiger partial charge on any atom is 0.303 e. The second kappa shape index (κ2) is 4.86. The monoisotopic (exact) mass is 250 g/mol. The predicted octanol–water partition coefficient (Wildman–Crippen LogP) is 1.38. The molecular formula is C9H14O6S. The van der Waals surface area contributed by atoms with Crippen LogP contribution in [0.15, 0.2) is 24.5 Å². The lowest BCUT2D eigenvalue weighted by molar-refractivity contribution is 0.0290. The summed E-state index contributed by atoms with van der Waals surface area (Å²) in [5.74, 6) is -0.0955. The molecule has 16 heavy (non-hydrogen) atoms. The average Bonchev–Trinajstić information content (AvgIpc) is 2.25. The minimum Gasteiger partial charge on any atom is -0.466 e. The molecule has 1 aliphatic heterocycles. The fourth-order valence-corrected chi connectivity index (χ4v) is 2.48. The van der Waals surface area contributed by atoms with Gasteiger partial charge in [0.05, 0.1) is 0 Å². The van der Waals surface area contributed by atoms with Gasteiger partial charge in [-0.25, -0.2) is 0 Å². The van der Waals surface area contributed by atoms with Gasteiger partial charge in [-0.15, -0.1) is 0 Å². The third kappa shape index (κ3) is 2.21. The molecule has 1 rings (SSSR count). The van der Waals surface area contributed by atoms with E-state index >= 15 is 0 Å². The van der Waals surface area contributed by atoms with Crippen molar-refractivity contribution >= 4 is 10.1 Å². The molecule has 0 aliphatic carbocycles.